The van der Waals surface area contributed by atoms with Crippen molar-refractivity contribution in [3.63, 3.8) is 0 Å². The summed E-state index contributed by atoms with van der Waals surface area (Å²) in [5, 5.41) is 18.8. The minimum Gasteiger partial charge on any atom is -0.489 e. The van der Waals surface area contributed by atoms with Crippen molar-refractivity contribution >= 4 is 5.97 Å². The number of aliphatic carboxylic acids is 1. The van der Waals surface area contributed by atoms with Gasteiger partial charge in [0.05, 0.1) is 18.6 Å². The van der Waals surface area contributed by atoms with E-state index in [0.717, 1.165) is 22.3 Å². The fraction of sp³-hybridized carbons (Fsp3) is 0.208. The van der Waals surface area contributed by atoms with Crippen molar-refractivity contribution in [2.45, 2.75) is 32.1 Å². The Morgan fingerprint density at radius 1 is 1.00 bits per heavy atom. The third-order valence-electron chi connectivity index (χ3n) is 4.76. The summed E-state index contributed by atoms with van der Waals surface area (Å²) in [5.41, 5.74) is 10.6. The van der Waals surface area contributed by atoms with Gasteiger partial charge in [-0.05, 0) is 47.4 Å². The van der Waals surface area contributed by atoms with Crippen LogP contribution in [0.15, 0.2) is 72.8 Å². The fourth-order valence-corrected chi connectivity index (χ4v) is 3.16. The molecule has 3 aromatic carbocycles. The molecular weight excluding hydrogens is 366 g/mol. The summed E-state index contributed by atoms with van der Waals surface area (Å²) in [4.78, 5) is 11.0. The van der Waals surface area contributed by atoms with Crippen LogP contribution < -0.4 is 10.5 Å². The molecule has 3 rings (SSSR count). The summed E-state index contributed by atoms with van der Waals surface area (Å²) in [6.45, 7) is 2.01. The first-order valence-electron chi connectivity index (χ1n) is 9.49. The number of carboxylic acids is 1. The molecule has 2 atom stereocenters. The van der Waals surface area contributed by atoms with Crippen LogP contribution in [-0.4, -0.2) is 22.3 Å². The highest BCUT2D eigenvalue weighted by Gasteiger charge is 2.13. The summed E-state index contributed by atoms with van der Waals surface area (Å²) >= 11 is 0. The molecule has 0 saturated carbocycles. The van der Waals surface area contributed by atoms with Gasteiger partial charge >= 0.3 is 5.97 Å². The second-order valence-electron chi connectivity index (χ2n) is 7.06. The predicted octanol–water partition coefficient (Wildman–Crippen LogP) is 3.94. The molecule has 3 aromatic rings. The Kier molecular flexibility index (Phi) is 6.65. The molecule has 4 N–H and O–H groups in total. The number of carboxylic acid groups (broad SMARTS) is 1. The Hall–Kier alpha value is -3.15. The molecule has 150 valence electrons. The lowest BCUT2D eigenvalue weighted by atomic mass is 9.97. The van der Waals surface area contributed by atoms with Crippen LogP contribution in [0.3, 0.4) is 0 Å². The molecule has 0 saturated heterocycles. The lowest BCUT2D eigenvalue weighted by Gasteiger charge is -2.16. The highest BCUT2D eigenvalue weighted by atomic mass is 16.5. The summed E-state index contributed by atoms with van der Waals surface area (Å²) in [5.74, 6) is -0.316. The van der Waals surface area contributed by atoms with Crippen molar-refractivity contribution in [1.82, 2.24) is 0 Å². The molecule has 2 unspecified atom stereocenters. The molecule has 0 fully saturated rings. The zero-order valence-electron chi connectivity index (χ0n) is 16.3. The van der Waals surface area contributed by atoms with E-state index in [-0.39, 0.29) is 6.42 Å². The van der Waals surface area contributed by atoms with Crippen molar-refractivity contribution in [3.05, 3.63) is 89.5 Å². The van der Waals surface area contributed by atoms with Gasteiger partial charge in [-0.1, -0.05) is 54.6 Å². The molecular formula is C24H25NO4. The molecule has 29 heavy (non-hydrogen) atoms. The molecule has 0 spiro atoms. The molecule has 5 heteroatoms. The minimum absolute atomic E-state index is 0.0768. The van der Waals surface area contributed by atoms with Crippen molar-refractivity contribution in [3.8, 4) is 16.9 Å². The van der Waals surface area contributed by atoms with Crippen LogP contribution in [0.1, 0.15) is 29.7 Å². The zero-order chi connectivity index (χ0) is 20.8. The van der Waals surface area contributed by atoms with E-state index in [9.17, 15) is 9.90 Å². The third kappa shape index (κ3) is 5.44. The van der Waals surface area contributed by atoms with E-state index in [1.54, 1.807) is 25.1 Å². The van der Waals surface area contributed by atoms with Gasteiger partial charge in [-0.3, -0.25) is 4.79 Å². The second kappa shape index (κ2) is 9.37. The number of aliphatic hydroxyl groups is 1. The van der Waals surface area contributed by atoms with Crippen molar-refractivity contribution in [2.24, 2.45) is 5.73 Å². The minimum atomic E-state index is -0.890. The highest BCUT2D eigenvalue weighted by molar-refractivity contribution is 5.71. The quantitative estimate of drug-likeness (QED) is 0.541. The maximum Gasteiger partial charge on any atom is 0.307 e. The van der Waals surface area contributed by atoms with Crippen LogP contribution in [0.2, 0.25) is 0 Å². The van der Waals surface area contributed by atoms with Gasteiger partial charge in [-0.25, -0.2) is 0 Å². The van der Waals surface area contributed by atoms with Gasteiger partial charge in [0, 0.05) is 5.56 Å². The van der Waals surface area contributed by atoms with Crippen molar-refractivity contribution in [1.29, 1.82) is 0 Å². The molecule has 0 aliphatic carbocycles. The SMILES string of the molecule is CC(O)C(N)c1cccc(-c2cccc(COc3ccccc3CC(=O)O)c2)c1. The van der Waals surface area contributed by atoms with E-state index in [1.807, 2.05) is 54.6 Å². The smallest absolute Gasteiger partial charge is 0.307 e. The van der Waals surface area contributed by atoms with Gasteiger partial charge in [0.25, 0.3) is 0 Å². The Labute approximate surface area is 170 Å². The molecule has 0 aliphatic rings. The van der Waals surface area contributed by atoms with E-state index in [0.29, 0.717) is 17.9 Å². The maximum absolute atomic E-state index is 11.0. The second-order valence-corrected chi connectivity index (χ2v) is 7.06. The molecule has 0 aromatic heterocycles. The van der Waals surface area contributed by atoms with E-state index in [1.165, 1.54) is 0 Å². The number of para-hydroxylation sites is 1. The molecule has 0 amide bonds. The van der Waals surface area contributed by atoms with E-state index in [4.69, 9.17) is 15.6 Å². The maximum atomic E-state index is 11.0. The van der Waals surface area contributed by atoms with Gasteiger partial charge in [-0.2, -0.15) is 0 Å². The van der Waals surface area contributed by atoms with Gasteiger partial charge in [-0.15, -0.1) is 0 Å². The number of benzene rings is 3. The van der Waals surface area contributed by atoms with E-state index >= 15 is 0 Å². The van der Waals surface area contributed by atoms with Crippen LogP contribution in [-0.2, 0) is 17.8 Å². The topological polar surface area (TPSA) is 92.8 Å². The molecule has 0 heterocycles. The van der Waals surface area contributed by atoms with Crippen molar-refractivity contribution < 1.29 is 19.7 Å². The summed E-state index contributed by atoms with van der Waals surface area (Å²) in [7, 11) is 0. The van der Waals surface area contributed by atoms with Gasteiger partial charge in [0.15, 0.2) is 0 Å². The Morgan fingerprint density at radius 3 is 2.41 bits per heavy atom. The van der Waals surface area contributed by atoms with Gasteiger partial charge < -0.3 is 20.7 Å². The Balaban J connectivity index is 1.78. The number of ether oxygens (including phenoxy) is 1. The zero-order valence-corrected chi connectivity index (χ0v) is 16.3. The number of hydrogen-bond acceptors (Lipinski definition) is 4. The average molecular weight is 391 g/mol. The number of hydrogen-bond donors (Lipinski definition) is 3. The summed E-state index contributed by atoms with van der Waals surface area (Å²) in [6.07, 6.45) is -0.706. The molecule has 0 radical (unpaired) electrons. The summed E-state index contributed by atoms with van der Waals surface area (Å²) < 4.78 is 5.89. The number of carbonyl (C=O) groups is 1. The molecule has 0 aliphatic heterocycles. The number of rotatable bonds is 8. The Morgan fingerprint density at radius 2 is 1.69 bits per heavy atom. The van der Waals surface area contributed by atoms with Crippen molar-refractivity contribution in [2.75, 3.05) is 0 Å². The van der Waals surface area contributed by atoms with Crippen LogP contribution in [0.4, 0.5) is 0 Å². The Bertz CT molecular complexity index is 984. The lowest BCUT2D eigenvalue weighted by molar-refractivity contribution is -0.136. The van der Waals surface area contributed by atoms with Crippen LogP contribution >= 0.6 is 0 Å². The largest absolute Gasteiger partial charge is 0.489 e. The molecule has 0 bridgehead atoms. The third-order valence-corrected chi connectivity index (χ3v) is 4.76. The highest BCUT2D eigenvalue weighted by Crippen LogP contribution is 2.26. The molecule has 5 nitrogen and oxygen atoms in total. The number of nitrogens with two attached hydrogens (primary N) is 1. The van der Waals surface area contributed by atoms with E-state index in [2.05, 4.69) is 0 Å². The first-order chi connectivity index (χ1) is 13.9. The normalized spacial score (nSPS) is 12.9. The average Bonchev–Trinajstić information content (AvgIpc) is 2.72. The lowest BCUT2D eigenvalue weighted by Crippen LogP contribution is -2.23. The standard InChI is InChI=1S/C24H25NO4/c1-16(26)24(25)21-10-5-9-19(13-21)18-8-4-6-17(12-18)15-29-22-11-3-2-7-20(22)14-23(27)28/h2-13,16,24,26H,14-15,25H2,1H3,(H,27,28). The number of aliphatic hydroxyl groups excluding tert-OH is 1. The van der Waals surface area contributed by atoms with Gasteiger partial charge in [0.2, 0.25) is 0 Å². The van der Waals surface area contributed by atoms with Crippen LogP contribution in [0.5, 0.6) is 5.75 Å². The van der Waals surface area contributed by atoms with Gasteiger partial charge in [0.1, 0.15) is 12.4 Å². The first-order valence-corrected chi connectivity index (χ1v) is 9.49. The predicted molar refractivity (Wildman–Crippen MR) is 113 cm³/mol. The van der Waals surface area contributed by atoms with Crippen LogP contribution in [0, 0.1) is 0 Å². The van der Waals surface area contributed by atoms with Crippen LogP contribution in [0.25, 0.3) is 11.1 Å². The fourth-order valence-electron chi connectivity index (χ4n) is 3.16. The van der Waals surface area contributed by atoms with E-state index < -0.39 is 18.1 Å². The summed E-state index contributed by atoms with van der Waals surface area (Å²) in [6, 6.07) is 22.5. The first kappa shape index (κ1) is 20.6. The monoisotopic (exact) mass is 391 g/mol.